The molecule has 1 aromatic carbocycles. The van der Waals surface area contributed by atoms with Crippen LogP contribution in [0.15, 0.2) is 36.7 Å². The molecule has 3 N–H and O–H groups in total. The van der Waals surface area contributed by atoms with Gasteiger partial charge in [-0.2, -0.15) is 0 Å². The minimum Gasteiger partial charge on any atom is -0.497 e. The van der Waals surface area contributed by atoms with Crippen LogP contribution in [0.5, 0.6) is 5.75 Å². The van der Waals surface area contributed by atoms with E-state index in [1.165, 1.54) is 12.4 Å². The second-order valence-corrected chi connectivity index (χ2v) is 4.18. The molecule has 1 aromatic heterocycles. The summed E-state index contributed by atoms with van der Waals surface area (Å²) in [6, 6.07) is 7.72. The van der Waals surface area contributed by atoms with Crippen LogP contribution in [0.25, 0.3) is 0 Å². The molecule has 0 bridgehead atoms. The van der Waals surface area contributed by atoms with E-state index in [0.29, 0.717) is 13.0 Å². The first-order valence-corrected chi connectivity index (χ1v) is 6.17. The molecule has 0 fully saturated rings. The summed E-state index contributed by atoms with van der Waals surface area (Å²) < 4.78 is 5.15. The highest BCUT2D eigenvalue weighted by Crippen LogP contribution is 2.12. The largest absolute Gasteiger partial charge is 0.497 e. The molecule has 104 valence electrons. The summed E-state index contributed by atoms with van der Waals surface area (Å²) in [5.74, 6) is 0.830. The summed E-state index contributed by atoms with van der Waals surface area (Å²) in [7, 11) is 1.63. The normalized spacial score (nSPS) is 10.1. The molecule has 20 heavy (non-hydrogen) atoms. The molecule has 0 saturated heterocycles. The molecule has 2 rings (SSSR count). The minimum atomic E-state index is -0.264. The van der Waals surface area contributed by atoms with Crippen LogP contribution in [-0.2, 0) is 6.42 Å². The highest BCUT2D eigenvalue weighted by molar-refractivity contribution is 5.91. The average molecular weight is 272 g/mol. The monoisotopic (exact) mass is 272 g/mol. The van der Waals surface area contributed by atoms with Gasteiger partial charge in [0.05, 0.1) is 19.5 Å². The summed E-state index contributed by atoms with van der Waals surface area (Å²) in [5.41, 5.74) is 6.76. The van der Waals surface area contributed by atoms with Gasteiger partial charge in [0, 0.05) is 6.54 Å². The van der Waals surface area contributed by atoms with Crippen molar-refractivity contribution in [2.75, 3.05) is 19.4 Å². The Bertz CT molecular complexity index is 584. The van der Waals surface area contributed by atoms with Gasteiger partial charge >= 0.3 is 0 Å². The second-order valence-electron chi connectivity index (χ2n) is 4.18. The van der Waals surface area contributed by atoms with Crippen LogP contribution >= 0.6 is 0 Å². The molecule has 1 amide bonds. The zero-order valence-electron chi connectivity index (χ0n) is 11.2. The SMILES string of the molecule is COc1cccc(CCNC(=O)c2cnc(N)cn2)c1. The molecule has 1 heterocycles. The van der Waals surface area contributed by atoms with Gasteiger partial charge in [-0.05, 0) is 24.1 Å². The third-order valence-corrected chi connectivity index (χ3v) is 2.74. The van der Waals surface area contributed by atoms with Gasteiger partial charge in [-0.1, -0.05) is 12.1 Å². The number of nitrogen functional groups attached to an aromatic ring is 1. The van der Waals surface area contributed by atoms with Crippen molar-refractivity contribution in [2.24, 2.45) is 0 Å². The van der Waals surface area contributed by atoms with E-state index in [0.717, 1.165) is 11.3 Å². The van der Waals surface area contributed by atoms with Crippen molar-refractivity contribution in [3.05, 3.63) is 47.9 Å². The molecule has 0 unspecified atom stereocenters. The number of hydrogen-bond donors (Lipinski definition) is 2. The number of amides is 1. The number of benzene rings is 1. The van der Waals surface area contributed by atoms with Crippen LogP contribution in [0.3, 0.4) is 0 Å². The van der Waals surface area contributed by atoms with Gasteiger partial charge < -0.3 is 15.8 Å². The van der Waals surface area contributed by atoms with Crippen LogP contribution in [-0.4, -0.2) is 29.5 Å². The molecule has 0 atom stereocenters. The van der Waals surface area contributed by atoms with Crippen molar-refractivity contribution in [2.45, 2.75) is 6.42 Å². The third-order valence-electron chi connectivity index (χ3n) is 2.74. The maximum atomic E-state index is 11.8. The van der Waals surface area contributed by atoms with Crippen molar-refractivity contribution in [1.29, 1.82) is 0 Å². The van der Waals surface area contributed by atoms with Crippen molar-refractivity contribution in [1.82, 2.24) is 15.3 Å². The molecule has 6 nitrogen and oxygen atoms in total. The van der Waals surface area contributed by atoms with Gasteiger partial charge in [0.25, 0.3) is 5.91 Å². The van der Waals surface area contributed by atoms with Crippen LogP contribution < -0.4 is 15.8 Å². The fourth-order valence-electron chi connectivity index (χ4n) is 1.69. The number of methoxy groups -OCH3 is 1. The Morgan fingerprint density at radius 3 is 2.90 bits per heavy atom. The smallest absolute Gasteiger partial charge is 0.271 e. The zero-order chi connectivity index (χ0) is 14.4. The van der Waals surface area contributed by atoms with E-state index >= 15 is 0 Å². The van der Waals surface area contributed by atoms with Crippen LogP contribution in [0.4, 0.5) is 5.82 Å². The first kappa shape index (κ1) is 13.8. The van der Waals surface area contributed by atoms with E-state index in [-0.39, 0.29) is 17.4 Å². The first-order valence-electron chi connectivity index (χ1n) is 6.17. The predicted molar refractivity (Wildman–Crippen MR) is 75.5 cm³/mol. The third kappa shape index (κ3) is 3.68. The lowest BCUT2D eigenvalue weighted by Crippen LogP contribution is -2.26. The Morgan fingerprint density at radius 1 is 1.35 bits per heavy atom. The molecular weight excluding hydrogens is 256 g/mol. The number of nitrogens with two attached hydrogens (primary N) is 1. The first-order chi connectivity index (χ1) is 9.69. The number of carbonyl (C=O) groups is 1. The lowest BCUT2D eigenvalue weighted by molar-refractivity contribution is 0.0949. The summed E-state index contributed by atoms with van der Waals surface area (Å²) in [6.45, 7) is 0.512. The predicted octanol–water partition coefficient (Wildman–Crippen LogP) is 1.04. The van der Waals surface area contributed by atoms with Crippen molar-refractivity contribution < 1.29 is 9.53 Å². The second kappa shape index (κ2) is 6.51. The standard InChI is InChI=1S/C14H16N4O2/c1-20-11-4-2-3-10(7-11)5-6-16-14(19)12-8-18-13(15)9-17-12/h2-4,7-9H,5-6H2,1H3,(H2,15,18)(H,16,19). The van der Waals surface area contributed by atoms with Crippen LogP contribution in [0.1, 0.15) is 16.1 Å². The Hall–Kier alpha value is -2.63. The van der Waals surface area contributed by atoms with Gasteiger partial charge in [0.15, 0.2) is 0 Å². The molecule has 0 aliphatic heterocycles. The fourth-order valence-corrected chi connectivity index (χ4v) is 1.69. The number of ether oxygens (including phenoxy) is 1. The van der Waals surface area contributed by atoms with Crippen LogP contribution in [0, 0.1) is 0 Å². The van der Waals surface area contributed by atoms with Gasteiger partial charge in [0.1, 0.15) is 17.3 Å². The molecular formula is C14H16N4O2. The van der Waals surface area contributed by atoms with Crippen molar-refractivity contribution >= 4 is 11.7 Å². The van der Waals surface area contributed by atoms with Gasteiger partial charge in [0.2, 0.25) is 0 Å². The van der Waals surface area contributed by atoms with Crippen LogP contribution in [0.2, 0.25) is 0 Å². The fraction of sp³-hybridized carbons (Fsp3) is 0.214. The lowest BCUT2D eigenvalue weighted by Gasteiger charge is -2.06. The lowest BCUT2D eigenvalue weighted by atomic mass is 10.1. The number of rotatable bonds is 5. The number of nitrogens with zero attached hydrogens (tertiary/aromatic N) is 2. The molecule has 6 heteroatoms. The molecule has 0 radical (unpaired) electrons. The van der Waals surface area contributed by atoms with E-state index in [1.807, 2.05) is 24.3 Å². The van der Waals surface area contributed by atoms with E-state index < -0.39 is 0 Å². The summed E-state index contributed by atoms with van der Waals surface area (Å²) in [4.78, 5) is 19.5. The van der Waals surface area contributed by atoms with Crippen molar-refractivity contribution in [3.8, 4) is 5.75 Å². The Morgan fingerprint density at radius 2 is 2.20 bits per heavy atom. The maximum Gasteiger partial charge on any atom is 0.271 e. The molecule has 0 aliphatic rings. The van der Waals surface area contributed by atoms with E-state index in [1.54, 1.807) is 7.11 Å². The van der Waals surface area contributed by atoms with E-state index in [9.17, 15) is 4.79 Å². The number of aromatic nitrogens is 2. The van der Waals surface area contributed by atoms with Gasteiger partial charge in [-0.25, -0.2) is 9.97 Å². The quantitative estimate of drug-likeness (QED) is 0.848. The molecule has 2 aromatic rings. The van der Waals surface area contributed by atoms with Crippen molar-refractivity contribution in [3.63, 3.8) is 0 Å². The number of carbonyl (C=O) groups excluding carboxylic acids is 1. The average Bonchev–Trinajstić information content (AvgIpc) is 2.48. The Balaban J connectivity index is 1.86. The molecule has 0 spiro atoms. The summed E-state index contributed by atoms with van der Waals surface area (Å²) in [6.07, 6.45) is 3.43. The highest BCUT2D eigenvalue weighted by atomic mass is 16.5. The Kier molecular flexibility index (Phi) is 4.49. The Labute approximate surface area is 117 Å². The number of anilines is 1. The minimum absolute atomic E-state index is 0.254. The van der Waals surface area contributed by atoms with Gasteiger partial charge in [-0.15, -0.1) is 0 Å². The van der Waals surface area contributed by atoms with E-state index in [2.05, 4.69) is 15.3 Å². The highest BCUT2D eigenvalue weighted by Gasteiger charge is 2.06. The molecule has 0 saturated carbocycles. The maximum absolute atomic E-state index is 11.8. The molecule has 0 aliphatic carbocycles. The summed E-state index contributed by atoms with van der Waals surface area (Å²) >= 11 is 0. The zero-order valence-corrected chi connectivity index (χ0v) is 11.2. The topological polar surface area (TPSA) is 90.1 Å². The number of hydrogen-bond acceptors (Lipinski definition) is 5. The number of nitrogens with one attached hydrogen (secondary N) is 1. The van der Waals surface area contributed by atoms with Gasteiger partial charge in [-0.3, -0.25) is 4.79 Å². The summed E-state index contributed by atoms with van der Waals surface area (Å²) in [5, 5.41) is 2.78. The van der Waals surface area contributed by atoms with E-state index in [4.69, 9.17) is 10.5 Å².